The number of likely N-dealkylation sites (N-methyl/N-ethyl adjacent to an activating group) is 1. The molecule has 0 bridgehead atoms. The van der Waals surface area contributed by atoms with Crippen LogP contribution >= 0.6 is 0 Å². The number of carbonyl (C=O) groups is 6. The lowest BCUT2D eigenvalue weighted by Gasteiger charge is -2.24. The number of ether oxygens (including phenoxy) is 5. The van der Waals surface area contributed by atoms with Crippen LogP contribution in [0.25, 0.3) is 0 Å². The SMILES string of the molecule is CC.CC.CC.CNC(CCCCN(C)C)C(=O)NCCOCCOCCOCCOCCC(=O)NC(C(=O)NC(CCCNC(N)=O)C(N)=O)C(C)C.O=COCc1ccccc1. The van der Waals surface area contributed by atoms with Gasteiger partial charge in [0.25, 0.3) is 6.47 Å². The summed E-state index contributed by atoms with van der Waals surface area (Å²) in [6, 6.07) is 6.83. The van der Waals surface area contributed by atoms with Crippen molar-refractivity contribution < 1.29 is 52.5 Å². The predicted molar refractivity (Wildman–Crippen MR) is 252 cm³/mol. The van der Waals surface area contributed by atoms with Crippen LogP contribution in [0.1, 0.15) is 99.5 Å². The van der Waals surface area contributed by atoms with E-state index in [0.717, 1.165) is 31.4 Å². The number of urea groups is 1. The zero-order valence-corrected chi connectivity index (χ0v) is 41.1. The fraction of sp³-hybridized carbons (Fsp3) is 0.733. The Morgan fingerprint density at radius 1 is 0.672 bits per heavy atom. The minimum atomic E-state index is -0.956. The molecule has 0 radical (unpaired) electrons. The quantitative estimate of drug-likeness (QED) is 0.0388. The summed E-state index contributed by atoms with van der Waals surface area (Å²) in [5, 5.41) is 13.6. The van der Waals surface area contributed by atoms with E-state index in [2.05, 4.69) is 36.2 Å². The number of rotatable bonds is 34. The number of carbonyl (C=O) groups excluding carboxylic acids is 6. The van der Waals surface area contributed by atoms with Crippen LogP contribution in [0.15, 0.2) is 30.3 Å². The number of amides is 6. The summed E-state index contributed by atoms with van der Waals surface area (Å²) in [7, 11) is 5.87. The van der Waals surface area contributed by atoms with Gasteiger partial charge in [-0.2, -0.15) is 0 Å². The smallest absolute Gasteiger partial charge is 0.312 e. The maximum absolute atomic E-state index is 12.8. The molecule has 3 atom stereocenters. The van der Waals surface area contributed by atoms with Gasteiger partial charge in [-0.25, -0.2) is 4.79 Å². The Balaban J connectivity index is -0.000000951. The van der Waals surface area contributed by atoms with E-state index >= 15 is 0 Å². The Hall–Kier alpha value is -4.40. The summed E-state index contributed by atoms with van der Waals surface area (Å²) >= 11 is 0. The summed E-state index contributed by atoms with van der Waals surface area (Å²) in [4.78, 5) is 71.9. The third kappa shape index (κ3) is 42.9. The first-order valence-corrected chi connectivity index (χ1v) is 22.7. The third-order valence-corrected chi connectivity index (χ3v) is 8.20. The molecule has 3 unspecified atom stereocenters. The summed E-state index contributed by atoms with van der Waals surface area (Å²) in [5.74, 6) is -1.90. The predicted octanol–water partition coefficient (Wildman–Crippen LogP) is 2.88. The topological polar surface area (TPSA) is 264 Å². The molecule has 0 saturated heterocycles. The highest BCUT2D eigenvalue weighted by atomic mass is 16.6. The molecule has 1 aromatic carbocycles. The van der Waals surface area contributed by atoms with E-state index in [9.17, 15) is 28.8 Å². The zero-order valence-electron chi connectivity index (χ0n) is 41.1. The van der Waals surface area contributed by atoms with Crippen LogP contribution in [-0.2, 0) is 54.3 Å². The Morgan fingerprint density at radius 2 is 1.20 bits per heavy atom. The van der Waals surface area contributed by atoms with E-state index < -0.39 is 29.9 Å². The minimum Gasteiger partial charge on any atom is -0.463 e. The fourth-order valence-electron chi connectivity index (χ4n) is 5.03. The molecule has 0 aliphatic rings. The van der Waals surface area contributed by atoms with Crippen LogP contribution < -0.4 is 38.1 Å². The Labute approximate surface area is 384 Å². The van der Waals surface area contributed by atoms with Gasteiger partial charge in [0, 0.05) is 19.5 Å². The summed E-state index contributed by atoms with van der Waals surface area (Å²) < 4.78 is 26.4. The Bertz CT molecular complexity index is 1260. The lowest BCUT2D eigenvalue weighted by molar-refractivity contribution is -0.132. The van der Waals surface area contributed by atoms with Gasteiger partial charge in [-0.1, -0.05) is 92.1 Å². The lowest BCUT2D eigenvalue weighted by Crippen LogP contribution is -2.54. The second-order valence-electron chi connectivity index (χ2n) is 13.7. The van der Waals surface area contributed by atoms with Gasteiger partial charge >= 0.3 is 6.03 Å². The number of nitrogens with zero attached hydrogens (tertiary/aromatic N) is 1. The molecule has 0 spiro atoms. The van der Waals surface area contributed by atoms with Gasteiger partial charge in [0.05, 0.1) is 58.9 Å². The van der Waals surface area contributed by atoms with E-state index in [1.54, 1.807) is 20.9 Å². The second kappa shape index (κ2) is 49.6. The fourth-order valence-corrected chi connectivity index (χ4v) is 5.03. The number of nitrogens with two attached hydrogens (primary N) is 2. The molecule has 0 aliphatic heterocycles. The second-order valence-corrected chi connectivity index (χ2v) is 13.7. The molecule has 64 heavy (non-hydrogen) atoms. The number of unbranched alkanes of at least 4 members (excludes halogenated alkanes) is 1. The van der Waals surface area contributed by atoms with Crippen molar-refractivity contribution in [1.29, 1.82) is 0 Å². The molecular weight excluding hydrogens is 829 g/mol. The molecule has 374 valence electrons. The van der Waals surface area contributed by atoms with E-state index in [0.29, 0.717) is 65.7 Å². The highest BCUT2D eigenvalue weighted by molar-refractivity contribution is 5.91. The van der Waals surface area contributed by atoms with E-state index in [4.69, 9.17) is 30.4 Å². The Morgan fingerprint density at radius 3 is 1.69 bits per heavy atom. The molecule has 9 N–H and O–H groups in total. The zero-order chi connectivity index (χ0) is 49.4. The van der Waals surface area contributed by atoms with Crippen molar-refractivity contribution in [3.05, 3.63) is 35.9 Å². The largest absolute Gasteiger partial charge is 0.463 e. The first-order valence-electron chi connectivity index (χ1n) is 22.7. The number of nitrogens with one attached hydrogen (secondary N) is 5. The van der Waals surface area contributed by atoms with Gasteiger partial charge < -0.3 is 66.6 Å². The van der Waals surface area contributed by atoms with Crippen LogP contribution in [0.4, 0.5) is 4.79 Å². The maximum atomic E-state index is 12.8. The van der Waals surface area contributed by atoms with Crippen molar-refractivity contribution in [2.45, 2.75) is 119 Å². The van der Waals surface area contributed by atoms with Gasteiger partial charge in [0.15, 0.2) is 0 Å². The van der Waals surface area contributed by atoms with E-state index in [1.165, 1.54) is 0 Å². The van der Waals surface area contributed by atoms with Crippen LogP contribution in [0.2, 0.25) is 0 Å². The standard InChI is InChI=1S/C31H62N8O9.C8H8O2.3C2H6/c1-23(2)27(30(43)37-24(28(32)41)10-8-12-36-31(33)44)38-26(40)11-15-45-17-19-47-21-22-48-20-18-46-16-13-35-29(42)25(34-3)9-6-7-14-39(4)5;9-7-10-6-8-4-2-1-3-5-8;3*1-2/h23-25,27,34H,6-22H2,1-5H3,(H2,32,41)(H,35,42)(H,37,43)(H,38,40)(H3,33,36,44);1-5,7H,6H2;3*1-2H3. The van der Waals surface area contributed by atoms with Gasteiger partial charge in [-0.3, -0.25) is 24.0 Å². The van der Waals surface area contributed by atoms with Crippen molar-refractivity contribution in [3.63, 3.8) is 0 Å². The summed E-state index contributed by atoms with van der Waals surface area (Å²) in [6.45, 7) is 20.7. The monoisotopic (exact) mass is 917 g/mol. The first-order chi connectivity index (χ1) is 30.8. The van der Waals surface area contributed by atoms with E-state index in [1.807, 2.05) is 86.0 Å². The molecule has 0 aliphatic carbocycles. The van der Waals surface area contributed by atoms with E-state index in [-0.39, 0.29) is 56.4 Å². The molecule has 0 aromatic heterocycles. The molecule has 1 aromatic rings. The normalized spacial score (nSPS) is 11.5. The van der Waals surface area contributed by atoms with Crippen molar-refractivity contribution in [2.24, 2.45) is 17.4 Å². The highest BCUT2D eigenvalue weighted by Gasteiger charge is 2.27. The third-order valence-electron chi connectivity index (χ3n) is 8.20. The highest BCUT2D eigenvalue weighted by Crippen LogP contribution is 2.06. The average Bonchev–Trinajstić information content (AvgIpc) is 3.29. The van der Waals surface area contributed by atoms with Gasteiger partial charge in [-0.05, 0) is 64.9 Å². The molecule has 0 fully saturated rings. The van der Waals surface area contributed by atoms with Crippen LogP contribution in [0.3, 0.4) is 0 Å². The first kappa shape index (κ1) is 66.2. The molecule has 0 heterocycles. The number of primary amides is 2. The van der Waals surface area contributed by atoms with Crippen molar-refractivity contribution in [1.82, 2.24) is 31.5 Å². The number of benzene rings is 1. The summed E-state index contributed by atoms with van der Waals surface area (Å²) in [5.41, 5.74) is 11.4. The van der Waals surface area contributed by atoms with Crippen molar-refractivity contribution >= 4 is 36.1 Å². The van der Waals surface area contributed by atoms with Crippen LogP contribution in [-0.4, -0.2) is 153 Å². The molecule has 19 nitrogen and oxygen atoms in total. The van der Waals surface area contributed by atoms with Gasteiger partial charge in [0.2, 0.25) is 23.6 Å². The number of hydrogen-bond donors (Lipinski definition) is 7. The van der Waals surface area contributed by atoms with Crippen molar-refractivity contribution in [2.75, 3.05) is 93.6 Å². The average molecular weight is 917 g/mol. The van der Waals surface area contributed by atoms with Gasteiger partial charge in [-0.15, -0.1) is 0 Å². The summed E-state index contributed by atoms with van der Waals surface area (Å²) in [6.07, 6.45) is 3.44. The molecule has 1 rings (SSSR count). The van der Waals surface area contributed by atoms with Crippen LogP contribution in [0.5, 0.6) is 0 Å². The molecular formula is C45H88N8O11. The van der Waals surface area contributed by atoms with Crippen LogP contribution in [0, 0.1) is 5.92 Å². The lowest BCUT2D eigenvalue weighted by atomic mass is 10.0. The van der Waals surface area contributed by atoms with Crippen molar-refractivity contribution in [3.8, 4) is 0 Å². The number of hydrogen-bond acceptors (Lipinski definition) is 13. The maximum Gasteiger partial charge on any atom is 0.312 e. The molecule has 6 amide bonds. The minimum absolute atomic E-state index is 0.0199. The Kier molecular flexibility index (Phi) is 51.3. The molecule has 19 heteroatoms. The molecule has 0 saturated carbocycles. The van der Waals surface area contributed by atoms with Gasteiger partial charge in [0.1, 0.15) is 18.7 Å².